The van der Waals surface area contributed by atoms with Crippen molar-refractivity contribution >= 4 is 17.1 Å². The number of Topliss-reactive ketones (excluding diaryl/α,β-unsaturated/α-hetero) is 1. The Balaban J connectivity index is 1.98. The quantitative estimate of drug-likeness (QED) is 0.795. The van der Waals surface area contributed by atoms with E-state index in [0.717, 1.165) is 30.0 Å². The Morgan fingerprint density at radius 3 is 2.84 bits per heavy atom. The fraction of sp³-hybridized carbons (Fsp3) is 0.667. The summed E-state index contributed by atoms with van der Waals surface area (Å²) in [5.74, 6) is 0.827. The Kier molecular flexibility index (Phi) is 4.76. The molecular formula is C15H23NO2S. The number of ketones is 1. The van der Waals surface area contributed by atoms with Gasteiger partial charge in [-0.15, -0.1) is 11.3 Å². The highest BCUT2D eigenvalue weighted by Gasteiger charge is 2.27. The maximum absolute atomic E-state index is 12.3. The van der Waals surface area contributed by atoms with Crippen LogP contribution in [0.15, 0.2) is 6.07 Å². The molecule has 2 unspecified atom stereocenters. The Bertz CT molecular complexity index is 455. The number of rotatable bonds is 4. The number of carbonyl (C=O) groups is 1. The molecule has 1 aromatic heterocycles. The third-order valence-electron chi connectivity index (χ3n) is 3.98. The number of piperidine rings is 1. The van der Waals surface area contributed by atoms with Crippen LogP contribution in [0.1, 0.15) is 33.5 Å². The second-order valence-corrected chi connectivity index (χ2v) is 6.99. The summed E-state index contributed by atoms with van der Waals surface area (Å²) in [6.07, 6.45) is 1.36. The lowest BCUT2D eigenvalue weighted by molar-refractivity contribution is -0.00324. The highest BCUT2D eigenvalue weighted by atomic mass is 32.1. The highest BCUT2D eigenvalue weighted by Crippen LogP contribution is 2.23. The lowest BCUT2D eigenvalue weighted by Crippen LogP contribution is -2.45. The van der Waals surface area contributed by atoms with Crippen molar-refractivity contribution < 1.29 is 9.53 Å². The molecule has 0 bridgehead atoms. The number of hydrogen-bond donors (Lipinski definition) is 0. The first kappa shape index (κ1) is 14.7. The Labute approximate surface area is 119 Å². The molecule has 2 heterocycles. The molecule has 1 aliphatic heterocycles. The highest BCUT2D eigenvalue weighted by molar-refractivity contribution is 7.12. The van der Waals surface area contributed by atoms with Gasteiger partial charge in [-0.05, 0) is 38.8 Å². The number of hydrogen-bond acceptors (Lipinski definition) is 4. The number of thiophene rings is 1. The molecule has 0 radical (unpaired) electrons. The Hall–Kier alpha value is -0.710. The van der Waals surface area contributed by atoms with Crippen LogP contribution in [0.25, 0.3) is 0 Å². The maximum atomic E-state index is 12.3. The summed E-state index contributed by atoms with van der Waals surface area (Å²) in [6, 6.07) is 2.02. The van der Waals surface area contributed by atoms with Crippen molar-refractivity contribution in [3.8, 4) is 0 Å². The molecule has 4 heteroatoms. The van der Waals surface area contributed by atoms with E-state index >= 15 is 0 Å². The smallest absolute Gasteiger partial charge is 0.177 e. The summed E-state index contributed by atoms with van der Waals surface area (Å²) in [5.41, 5.74) is 0.898. The zero-order valence-corrected chi connectivity index (χ0v) is 13.0. The van der Waals surface area contributed by atoms with Crippen LogP contribution in [0.2, 0.25) is 0 Å². The van der Waals surface area contributed by atoms with E-state index in [1.54, 1.807) is 18.4 Å². The fourth-order valence-corrected chi connectivity index (χ4v) is 3.69. The summed E-state index contributed by atoms with van der Waals surface area (Å²) in [4.78, 5) is 16.9. The van der Waals surface area contributed by atoms with Gasteiger partial charge in [0, 0.05) is 29.0 Å². The number of ether oxygens (including phenoxy) is 1. The van der Waals surface area contributed by atoms with Crippen LogP contribution >= 0.6 is 11.3 Å². The third-order valence-corrected chi connectivity index (χ3v) is 4.95. The Morgan fingerprint density at radius 1 is 1.53 bits per heavy atom. The number of methoxy groups -OCH3 is 1. The van der Waals surface area contributed by atoms with E-state index in [1.165, 1.54) is 4.88 Å². The second kappa shape index (κ2) is 6.16. The lowest BCUT2D eigenvalue weighted by Gasteiger charge is -2.35. The number of aryl methyl sites for hydroxylation is 2. The van der Waals surface area contributed by atoms with E-state index < -0.39 is 0 Å². The first-order chi connectivity index (χ1) is 9.01. The van der Waals surface area contributed by atoms with Crippen molar-refractivity contribution in [3.05, 3.63) is 21.4 Å². The van der Waals surface area contributed by atoms with Crippen LogP contribution < -0.4 is 0 Å². The van der Waals surface area contributed by atoms with E-state index in [9.17, 15) is 4.79 Å². The molecule has 106 valence electrons. The number of carbonyl (C=O) groups excluding carboxylic acids is 1. The van der Waals surface area contributed by atoms with Gasteiger partial charge in [-0.25, -0.2) is 0 Å². The van der Waals surface area contributed by atoms with Crippen LogP contribution in [0, 0.1) is 19.8 Å². The molecule has 0 aromatic carbocycles. The molecule has 19 heavy (non-hydrogen) atoms. The van der Waals surface area contributed by atoms with Crippen LogP contribution in [0.5, 0.6) is 0 Å². The van der Waals surface area contributed by atoms with Crippen LogP contribution in [0.4, 0.5) is 0 Å². The summed E-state index contributed by atoms with van der Waals surface area (Å²) in [5, 5.41) is 0. The number of nitrogens with zero attached hydrogens (tertiary/aromatic N) is 1. The van der Waals surface area contributed by atoms with E-state index in [-0.39, 0.29) is 11.9 Å². The largest absolute Gasteiger partial charge is 0.380 e. The Morgan fingerprint density at radius 2 is 2.26 bits per heavy atom. The van der Waals surface area contributed by atoms with Gasteiger partial charge >= 0.3 is 0 Å². The molecule has 2 rings (SSSR count). The van der Waals surface area contributed by atoms with E-state index in [1.807, 2.05) is 13.0 Å². The lowest BCUT2D eigenvalue weighted by atomic mass is 9.95. The fourth-order valence-electron chi connectivity index (χ4n) is 2.74. The second-order valence-electron chi connectivity index (χ2n) is 5.53. The summed E-state index contributed by atoms with van der Waals surface area (Å²) >= 11 is 1.70. The molecule has 0 spiro atoms. The zero-order valence-electron chi connectivity index (χ0n) is 12.2. The van der Waals surface area contributed by atoms with Crippen molar-refractivity contribution in [2.75, 3.05) is 26.7 Å². The molecule has 3 nitrogen and oxygen atoms in total. The van der Waals surface area contributed by atoms with Gasteiger partial charge < -0.3 is 4.74 Å². The average molecular weight is 281 g/mol. The predicted molar refractivity (Wildman–Crippen MR) is 79.1 cm³/mol. The predicted octanol–water partition coefficient (Wildman–Crippen LogP) is 2.90. The normalized spacial score (nSPS) is 24.6. The van der Waals surface area contributed by atoms with Gasteiger partial charge in [0.05, 0.1) is 12.6 Å². The van der Waals surface area contributed by atoms with Crippen LogP contribution in [-0.2, 0) is 4.74 Å². The van der Waals surface area contributed by atoms with Crippen molar-refractivity contribution in [1.82, 2.24) is 4.90 Å². The molecule has 1 aliphatic rings. The van der Waals surface area contributed by atoms with Gasteiger partial charge in [-0.3, -0.25) is 9.69 Å². The molecule has 1 fully saturated rings. The summed E-state index contributed by atoms with van der Waals surface area (Å²) in [7, 11) is 1.76. The summed E-state index contributed by atoms with van der Waals surface area (Å²) in [6.45, 7) is 8.68. The van der Waals surface area contributed by atoms with Gasteiger partial charge in [-0.1, -0.05) is 6.92 Å². The monoisotopic (exact) mass is 281 g/mol. The minimum atomic E-state index is 0.242. The zero-order chi connectivity index (χ0) is 14.0. The van der Waals surface area contributed by atoms with Crippen molar-refractivity contribution in [3.63, 3.8) is 0 Å². The SMILES string of the molecule is COC1CN(CC(=O)c2cc(C)sc2C)CCC1C. The van der Waals surface area contributed by atoms with E-state index in [2.05, 4.69) is 18.7 Å². The van der Waals surface area contributed by atoms with Gasteiger partial charge in [-0.2, -0.15) is 0 Å². The maximum Gasteiger partial charge on any atom is 0.177 e. The van der Waals surface area contributed by atoms with E-state index in [0.29, 0.717) is 12.5 Å². The van der Waals surface area contributed by atoms with Crippen molar-refractivity contribution in [2.24, 2.45) is 5.92 Å². The minimum Gasteiger partial charge on any atom is -0.380 e. The molecule has 1 aromatic rings. The molecule has 1 saturated heterocycles. The first-order valence-electron chi connectivity index (χ1n) is 6.86. The van der Waals surface area contributed by atoms with Gasteiger partial charge in [0.1, 0.15) is 0 Å². The van der Waals surface area contributed by atoms with Gasteiger partial charge in [0.25, 0.3) is 0 Å². The molecule has 0 N–H and O–H groups in total. The van der Waals surface area contributed by atoms with Crippen LogP contribution in [0.3, 0.4) is 0 Å². The molecule has 2 atom stereocenters. The molecule has 0 amide bonds. The van der Waals surface area contributed by atoms with Gasteiger partial charge in [0.2, 0.25) is 0 Å². The minimum absolute atomic E-state index is 0.242. The summed E-state index contributed by atoms with van der Waals surface area (Å²) < 4.78 is 5.50. The standard InChI is InChI=1S/C15H23NO2S/c1-10-5-6-16(9-15(10)18-4)8-14(17)13-7-11(2)19-12(13)3/h7,10,15H,5-6,8-9H2,1-4H3. The topological polar surface area (TPSA) is 29.5 Å². The van der Waals surface area contributed by atoms with Crippen LogP contribution in [-0.4, -0.2) is 43.5 Å². The van der Waals surface area contributed by atoms with Crippen molar-refractivity contribution in [1.29, 1.82) is 0 Å². The third kappa shape index (κ3) is 3.44. The molecular weight excluding hydrogens is 258 g/mol. The average Bonchev–Trinajstić information content (AvgIpc) is 2.71. The van der Waals surface area contributed by atoms with E-state index in [4.69, 9.17) is 4.74 Å². The van der Waals surface area contributed by atoms with Crippen molar-refractivity contribution in [2.45, 2.75) is 33.3 Å². The molecule has 0 saturated carbocycles. The molecule has 0 aliphatic carbocycles. The van der Waals surface area contributed by atoms with Gasteiger partial charge in [0.15, 0.2) is 5.78 Å². The number of likely N-dealkylation sites (tertiary alicyclic amines) is 1. The first-order valence-corrected chi connectivity index (χ1v) is 7.68.